The normalized spacial score (nSPS) is 17.2. The van der Waals surface area contributed by atoms with E-state index in [2.05, 4.69) is 51.9 Å². The zero-order valence-corrected chi connectivity index (χ0v) is 63.4. The van der Waals surface area contributed by atoms with Gasteiger partial charge in [-0.2, -0.15) is 29.8 Å². The standard InChI is InChI=1S/C74H94BrN5O22S3/c1-52(81)62(35-38-69(84)85)76-72(88)77-63(71(86)87)22-9-10-41-78(48-53-25-29-56(75)30-26-53)68(83)39-45-99-50-101-51-100-49-98-44-13-19-57(82)18-12-40-74(4)61-21-6-8-24-65(61)80(43-15-47-104(92,93)94)67(74)37-28-55-17-11-16-54(70(55)102-58-31-33-59(34-32-58)105(95,96)97)27-36-66-73(2,3)60-20-5-7-23-64(60)79(66)42-14-46-103(89,90)91/h5-8,20-21,23-34,36-37,62-63H,9-19,22,35,38-51H2,1-4H3,(H6-,76,77,84,85,86,87,88,89,90,91,92,93,94,95,96,97)/p+1/t62-,63-,74?/m0/s1. The highest BCUT2D eigenvalue weighted by molar-refractivity contribution is 9.10. The number of hydrogen-bond acceptors (Lipinski definition) is 18. The highest BCUT2D eigenvalue weighted by Gasteiger charge is 2.45. The molecule has 2 aliphatic heterocycles. The summed E-state index contributed by atoms with van der Waals surface area (Å²) in [4.78, 5) is 77.9. The second-order valence-electron chi connectivity index (χ2n) is 26.7. The van der Waals surface area contributed by atoms with Crippen LogP contribution in [-0.2, 0) is 90.6 Å². The number of hydrogen-bond donors (Lipinski definition) is 7. The maximum atomic E-state index is 13.5. The smallest absolute Gasteiger partial charge is 0.326 e. The number of carboxylic acid groups (broad SMARTS) is 2. The number of urea groups is 1. The van der Waals surface area contributed by atoms with Crippen molar-refractivity contribution in [1.29, 1.82) is 0 Å². The van der Waals surface area contributed by atoms with Gasteiger partial charge in [0.1, 0.15) is 43.5 Å². The summed E-state index contributed by atoms with van der Waals surface area (Å²) >= 11 is 3.42. The molecule has 1 aliphatic carbocycles. The van der Waals surface area contributed by atoms with Gasteiger partial charge in [0.05, 0.1) is 40.9 Å². The molecule has 0 bridgehead atoms. The van der Waals surface area contributed by atoms with E-state index >= 15 is 0 Å². The molecule has 105 heavy (non-hydrogen) atoms. The first-order valence-corrected chi connectivity index (χ1v) is 40.2. The Kier molecular flexibility index (Phi) is 31.9. The van der Waals surface area contributed by atoms with Crippen LogP contribution >= 0.6 is 15.9 Å². The zero-order chi connectivity index (χ0) is 76.5. The first kappa shape index (κ1) is 84.4. The molecule has 0 saturated heterocycles. The Morgan fingerprint density at radius 2 is 1.31 bits per heavy atom. The number of nitrogens with one attached hydrogen (secondary N) is 2. The number of allylic oxidation sites excluding steroid dienone is 7. The molecule has 4 aromatic rings. The number of benzene rings is 4. The number of halogens is 1. The van der Waals surface area contributed by atoms with Gasteiger partial charge in [-0.05, 0) is 175 Å². The minimum atomic E-state index is -4.53. The Morgan fingerprint density at radius 1 is 0.676 bits per heavy atom. The number of amides is 3. The molecular formula is C74H95BrN5O22S3+. The number of aliphatic carboxylic acids is 2. The van der Waals surface area contributed by atoms with Gasteiger partial charge in [-0.1, -0.05) is 70.5 Å². The first-order valence-electron chi connectivity index (χ1n) is 34.7. The van der Waals surface area contributed by atoms with Crippen LogP contribution in [0.25, 0.3) is 0 Å². The third kappa shape index (κ3) is 26.3. The fourth-order valence-electron chi connectivity index (χ4n) is 13.0. The summed E-state index contributed by atoms with van der Waals surface area (Å²) in [6.07, 6.45) is 12.0. The van der Waals surface area contributed by atoms with Crippen LogP contribution in [0, 0.1) is 0 Å². The predicted molar refractivity (Wildman–Crippen MR) is 395 cm³/mol. The summed E-state index contributed by atoms with van der Waals surface area (Å²) < 4.78 is 133. The summed E-state index contributed by atoms with van der Waals surface area (Å²) in [5.41, 5.74) is 6.59. The van der Waals surface area contributed by atoms with Crippen LogP contribution in [0.4, 0.5) is 16.2 Å². The predicted octanol–water partition coefficient (Wildman–Crippen LogP) is 10.9. The summed E-state index contributed by atoms with van der Waals surface area (Å²) in [6, 6.07) is 25.1. The Bertz CT molecular complexity index is 4240. The molecule has 0 fully saturated rings. The van der Waals surface area contributed by atoms with Crippen molar-refractivity contribution in [2.24, 2.45) is 0 Å². The molecular weight excluding hydrogens is 1490 g/mol. The van der Waals surface area contributed by atoms with Gasteiger partial charge >= 0.3 is 18.0 Å². The zero-order valence-electron chi connectivity index (χ0n) is 59.4. The number of rotatable bonds is 45. The third-order valence-electron chi connectivity index (χ3n) is 18.4. The van der Waals surface area contributed by atoms with E-state index in [0.717, 1.165) is 55.1 Å². The van der Waals surface area contributed by atoms with Gasteiger partial charge in [0.25, 0.3) is 30.4 Å². The lowest BCUT2D eigenvalue weighted by Crippen LogP contribution is -2.50. The molecule has 0 spiro atoms. The van der Waals surface area contributed by atoms with E-state index in [1.807, 2.05) is 102 Å². The monoisotopic (exact) mass is 1580 g/mol. The van der Waals surface area contributed by atoms with Crippen molar-refractivity contribution in [3.05, 3.63) is 165 Å². The van der Waals surface area contributed by atoms with Crippen LogP contribution in [-0.4, -0.2) is 177 Å². The SMILES string of the molecule is CC(=O)[C@H](CCC(=O)O)NC(=O)N[C@@H](CCCCN(Cc1ccc(Br)cc1)C(=O)CCOCOCOCOCCCC(=O)CCCC1(C)/C(=C\C=C2/CCCC(/C=C/C3=[N+](CCCS(=O)(=O)O)c4ccccc4C3(C)C)=C2Oc2ccc(S(=O)(=O)O)cc2)N(CCCS(=O)(=O)O)c2ccccc21)C(=O)O. The summed E-state index contributed by atoms with van der Waals surface area (Å²) in [7, 11) is -13.1. The van der Waals surface area contributed by atoms with E-state index in [9.17, 15) is 72.8 Å². The largest absolute Gasteiger partial charge is 0.481 e. The fourth-order valence-corrected chi connectivity index (χ4v) is 14.8. The molecule has 31 heteroatoms. The number of fused-ring (bicyclic) bond motifs is 2. The molecule has 0 radical (unpaired) electrons. The maximum absolute atomic E-state index is 13.5. The topological polar surface area (TPSA) is 386 Å². The van der Waals surface area contributed by atoms with Gasteiger partial charge in [0, 0.05) is 90.9 Å². The van der Waals surface area contributed by atoms with E-state index < -0.39 is 88.5 Å². The van der Waals surface area contributed by atoms with Crippen molar-refractivity contribution in [3.63, 3.8) is 0 Å². The number of carboxylic acids is 2. The average Bonchev–Trinajstić information content (AvgIpc) is 1.60. The van der Waals surface area contributed by atoms with Gasteiger partial charge < -0.3 is 54.3 Å². The van der Waals surface area contributed by atoms with E-state index in [1.54, 1.807) is 4.90 Å². The van der Waals surface area contributed by atoms with Crippen molar-refractivity contribution < 1.29 is 106 Å². The molecule has 3 aliphatic rings. The van der Waals surface area contributed by atoms with Gasteiger partial charge in [0.15, 0.2) is 18.3 Å². The molecule has 27 nitrogen and oxygen atoms in total. The number of ether oxygens (including phenoxy) is 5. The summed E-state index contributed by atoms with van der Waals surface area (Å²) in [5, 5.41) is 23.5. The van der Waals surface area contributed by atoms with Gasteiger partial charge in [-0.3, -0.25) is 32.8 Å². The van der Waals surface area contributed by atoms with Crippen LogP contribution in [0.15, 0.2) is 153 Å². The number of anilines is 1. The van der Waals surface area contributed by atoms with Gasteiger partial charge in [-0.15, -0.1) is 0 Å². The molecule has 7 N–H and O–H groups in total. The minimum absolute atomic E-state index is 0.000667. The lowest BCUT2D eigenvalue weighted by atomic mass is 9.76. The van der Waals surface area contributed by atoms with Crippen LogP contribution < -0.4 is 20.3 Å². The van der Waals surface area contributed by atoms with Gasteiger partial charge in [0.2, 0.25) is 11.6 Å². The molecule has 7 rings (SSSR count). The van der Waals surface area contributed by atoms with Crippen LogP contribution in [0.5, 0.6) is 5.75 Å². The molecule has 3 atom stereocenters. The number of carbonyl (C=O) groups is 6. The quantitative estimate of drug-likeness (QED) is 0.00935. The number of Topliss-reactive ketones (excluding diaryl/α,β-unsaturated/α-hetero) is 2. The second-order valence-corrected chi connectivity index (χ2v) is 32.1. The molecule has 3 amide bonds. The molecule has 0 saturated carbocycles. The molecule has 572 valence electrons. The number of ketones is 2. The molecule has 4 aromatic carbocycles. The lowest BCUT2D eigenvalue weighted by Gasteiger charge is -2.31. The first-order chi connectivity index (χ1) is 49.7. The number of unbranched alkanes of at least 4 members (excludes halogenated alkanes) is 1. The average molecular weight is 1580 g/mol. The van der Waals surface area contributed by atoms with Crippen LogP contribution in [0.2, 0.25) is 0 Å². The van der Waals surface area contributed by atoms with Crippen molar-refractivity contribution in [2.75, 3.05) is 69.6 Å². The summed E-state index contributed by atoms with van der Waals surface area (Å²) in [6.45, 7) is 8.20. The number of carbonyl (C=O) groups excluding carboxylic acids is 4. The second kappa shape index (κ2) is 39.7. The highest BCUT2D eigenvalue weighted by atomic mass is 79.9. The Morgan fingerprint density at radius 3 is 1.98 bits per heavy atom. The Balaban J connectivity index is 0.933. The van der Waals surface area contributed by atoms with Crippen LogP contribution in [0.3, 0.4) is 0 Å². The Hall–Kier alpha value is -7.82. The van der Waals surface area contributed by atoms with Crippen LogP contribution in [0.1, 0.15) is 147 Å². The van der Waals surface area contributed by atoms with E-state index in [1.165, 1.54) is 31.2 Å². The Labute approximate surface area is 622 Å². The van der Waals surface area contributed by atoms with Crippen molar-refractivity contribution in [3.8, 4) is 5.75 Å². The summed E-state index contributed by atoms with van der Waals surface area (Å²) in [5.74, 6) is -3.29. The minimum Gasteiger partial charge on any atom is -0.481 e. The fraction of sp³-hybridized carbons (Fsp3) is 0.473. The van der Waals surface area contributed by atoms with Gasteiger partial charge in [-0.25, -0.2) is 9.59 Å². The number of nitrogens with zero attached hydrogens (tertiary/aromatic N) is 3. The maximum Gasteiger partial charge on any atom is 0.326 e. The highest BCUT2D eigenvalue weighted by Crippen LogP contribution is 2.51. The number of para-hydroxylation sites is 2. The third-order valence-corrected chi connectivity index (χ3v) is 21.4. The van der Waals surface area contributed by atoms with Crippen molar-refractivity contribution >= 4 is 98.8 Å². The lowest BCUT2D eigenvalue weighted by molar-refractivity contribution is -0.437. The molecule has 2 heterocycles. The van der Waals surface area contributed by atoms with E-state index in [0.29, 0.717) is 63.7 Å². The van der Waals surface area contributed by atoms with E-state index in [-0.39, 0.29) is 127 Å². The van der Waals surface area contributed by atoms with E-state index in [4.69, 9.17) is 28.8 Å². The molecule has 0 aromatic heterocycles. The van der Waals surface area contributed by atoms with Crippen molar-refractivity contribution in [1.82, 2.24) is 15.5 Å². The van der Waals surface area contributed by atoms with Crippen molar-refractivity contribution in [2.45, 2.75) is 165 Å². The molecule has 1 unspecified atom stereocenters.